The average molecular weight is 255 g/mol. The molecule has 0 saturated heterocycles. The number of urea groups is 1. The molecule has 4 N–H and O–H groups in total. The van der Waals surface area contributed by atoms with E-state index in [1.165, 1.54) is 6.33 Å². The van der Waals surface area contributed by atoms with Gasteiger partial charge < -0.3 is 15.7 Å². The molecule has 1 aromatic heterocycles. The van der Waals surface area contributed by atoms with E-state index in [9.17, 15) is 9.59 Å². The van der Waals surface area contributed by atoms with Crippen molar-refractivity contribution in [3.63, 3.8) is 0 Å². The average Bonchev–Trinajstić information content (AvgIpc) is 2.81. The minimum absolute atomic E-state index is 0.134. The van der Waals surface area contributed by atoms with Crippen molar-refractivity contribution in [2.45, 2.75) is 25.7 Å². The summed E-state index contributed by atoms with van der Waals surface area (Å²) in [5.74, 6) is -0.0942. The zero-order chi connectivity index (χ0) is 13.2. The molecule has 18 heavy (non-hydrogen) atoms. The summed E-state index contributed by atoms with van der Waals surface area (Å²) in [5, 5.41) is 20.1. The van der Waals surface area contributed by atoms with Crippen molar-refractivity contribution in [3.05, 3.63) is 12.2 Å². The molecule has 0 bridgehead atoms. The lowest BCUT2D eigenvalue weighted by molar-refractivity contribution is -0.137. The number of carbonyl (C=O) groups is 2. The van der Waals surface area contributed by atoms with E-state index in [0.717, 1.165) is 5.82 Å². The second kappa shape index (κ2) is 8.04. The van der Waals surface area contributed by atoms with E-state index in [1.807, 2.05) is 0 Å². The van der Waals surface area contributed by atoms with Gasteiger partial charge in [0.1, 0.15) is 12.2 Å². The van der Waals surface area contributed by atoms with Crippen LogP contribution < -0.4 is 10.6 Å². The first kappa shape index (κ1) is 13.9. The Morgan fingerprint density at radius 1 is 1.28 bits per heavy atom. The number of hydrogen-bond donors (Lipinski definition) is 4. The van der Waals surface area contributed by atoms with Crippen LogP contribution in [0.3, 0.4) is 0 Å². The third-order valence-corrected chi connectivity index (χ3v) is 2.22. The summed E-state index contributed by atoms with van der Waals surface area (Å²) in [6, 6.07) is -0.259. The van der Waals surface area contributed by atoms with Crippen LogP contribution in [0.4, 0.5) is 4.79 Å². The maximum atomic E-state index is 11.3. The van der Waals surface area contributed by atoms with E-state index in [0.29, 0.717) is 32.4 Å². The molecule has 0 saturated carbocycles. The fourth-order valence-corrected chi connectivity index (χ4v) is 1.31. The highest BCUT2D eigenvalue weighted by Gasteiger charge is 2.01. The number of amides is 2. The predicted octanol–water partition coefficient (Wildman–Crippen LogP) is -0.0987. The number of carboxylic acid groups (broad SMARTS) is 1. The standard InChI is InChI=1S/C10H17N5O3/c16-9(17)3-1-2-5-11-10(18)12-6-4-8-13-7-14-15-8/h7H,1-6H2,(H,16,17)(H2,11,12,18)(H,13,14,15). The zero-order valence-electron chi connectivity index (χ0n) is 9.98. The Bertz CT molecular complexity index is 366. The van der Waals surface area contributed by atoms with Crippen LogP contribution in [0, 0.1) is 0 Å². The van der Waals surface area contributed by atoms with E-state index in [2.05, 4.69) is 25.8 Å². The first-order valence-corrected chi connectivity index (χ1v) is 5.76. The number of rotatable bonds is 8. The molecule has 0 aromatic carbocycles. The minimum atomic E-state index is -0.813. The fraction of sp³-hybridized carbons (Fsp3) is 0.600. The molecule has 0 aliphatic rings. The van der Waals surface area contributed by atoms with Crippen LogP contribution in [0.2, 0.25) is 0 Å². The lowest BCUT2D eigenvalue weighted by Gasteiger charge is -2.06. The summed E-state index contributed by atoms with van der Waals surface area (Å²) in [5.41, 5.74) is 0. The molecule has 0 unspecified atom stereocenters. The molecule has 100 valence electrons. The third-order valence-electron chi connectivity index (χ3n) is 2.22. The molecule has 8 heteroatoms. The van der Waals surface area contributed by atoms with Gasteiger partial charge in [-0.15, -0.1) is 0 Å². The number of nitrogens with zero attached hydrogens (tertiary/aromatic N) is 2. The van der Waals surface area contributed by atoms with Gasteiger partial charge in [0.05, 0.1) is 0 Å². The SMILES string of the molecule is O=C(O)CCCCNC(=O)NCCc1ncn[nH]1. The predicted molar refractivity (Wildman–Crippen MR) is 63.0 cm³/mol. The Morgan fingerprint density at radius 3 is 2.72 bits per heavy atom. The van der Waals surface area contributed by atoms with Crippen molar-refractivity contribution in [2.75, 3.05) is 13.1 Å². The maximum absolute atomic E-state index is 11.3. The molecule has 1 heterocycles. The third kappa shape index (κ3) is 6.46. The van der Waals surface area contributed by atoms with Crippen molar-refractivity contribution >= 4 is 12.0 Å². The van der Waals surface area contributed by atoms with Crippen molar-refractivity contribution < 1.29 is 14.7 Å². The molecular weight excluding hydrogens is 238 g/mol. The molecular formula is C10H17N5O3. The number of unbranched alkanes of at least 4 members (excludes halogenated alkanes) is 1. The fourth-order valence-electron chi connectivity index (χ4n) is 1.31. The van der Waals surface area contributed by atoms with Crippen molar-refractivity contribution in [2.24, 2.45) is 0 Å². The van der Waals surface area contributed by atoms with Gasteiger partial charge in [-0.05, 0) is 12.8 Å². The van der Waals surface area contributed by atoms with Gasteiger partial charge in [-0.25, -0.2) is 9.78 Å². The summed E-state index contributed by atoms with van der Waals surface area (Å²) < 4.78 is 0. The number of nitrogens with one attached hydrogen (secondary N) is 3. The molecule has 0 spiro atoms. The molecule has 0 fully saturated rings. The Labute approximate surface area is 104 Å². The van der Waals surface area contributed by atoms with Gasteiger partial charge in [0.15, 0.2) is 0 Å². The van der Waals surface area contributed by atoms with Gasteiger partial charge in [0.2, 0.25) is 0 Å². The van der Waals surface area contributed by atoms with Crippen LogP contribution in [0.5, 0.6) is 0 Å². The number of aromatic nitrogens is 3. The summed E-state index contributed by atoms with van der Waals surface area (Å²) in [4.78, 5) is 25.4. The molecule has 2 amide bonds. The van der Waals surface area contributed by atoms with E-state index in [4.69, 9.17) is 5.11 Å². The highest BCUT2D eigenvalue weighted by Crippen LogP contribution is 1.93. The second-order valence-corrected chi connectivity index (χ2v) is 3.72. The first-order chi connectivity index (χ1) is 8.68. The van der Waals surface area contributed by atoms with E-state index in [-0.39, 0.29) is 12.5 Å². The minimum Gasteiger partial charge on any atom is -0.481 e. The summed E-state index contributed by atoms with van der Waals surface area (Å²) in [6.45, 7) is 0.942. The largest absolute Gasteiger partial charge is 0.481 e. The Morgan fingerprint density at radius 2 is 2.06 bits per heavy atom. The lowest BCUT2D eigenvalue weighted by Crippen LogP contribution is -2.37. The van der Waals surface area contributed by atoms with Crippen LogP contribution >= 0.6 is 0 Å². The van der Waals surface area contributed by atoms with Crippen LogP contribution in [0.1, 0.15) is 25.1 Å². The molecule has 1 aromatic rings. The van der Waals surface area contributed by atoms with Gasteiger partial charge in [-0.2, -0.15) is 5.10 Å². The normalized spacial score (nSPS) is 10.0. The number of H-pyrrole nitrogens is 1. The second-order valence-electron chi connectivity index (χ2n) is 3.72. The van der Waals surface area contributed by atoms with Gasteiger partial charge in [0, 0.05) is 25.9 Å². The highest BCUT2D eigenvalue weighted by molar-refractivity contribution is 5.73. The Kier molecular flexibility index (Phi) is 6.23. The summed E-state index contributed by atoms with van der Waals surface area (Å²) in [6.07, 6.45) is 3.36. The number of carboxylic acids is 1. The summed E-state index contributed by atoms with van der Waals surface area (Å²) >= 11 is 0. The van der Waals surface area contributed by atoms with Crippen molar-refractivity contribution in [3.8, 4) is 0 Å². The quantitative estimate of drug-likeness (QED) is 0.483. The molecule has 1 rings (SSSR count). The van der Waals surface area contributed by atoms with E-state index < -0.39 is 5.97 Å². The smallest absolute Gasteiger partial charge is 0.314 e. The topological polar surface area (TPSA) is 120 Å². The Hall–Kier alpha value is -2.12. The molecule has 8 nitrogen and oxygen atoms in total. The van der Waals surface area contributed by atoms with E-state index in [1.54, 1.807) is 0 Å². The van der Waals surface area contributed by atoms with Crippen LogP contribution in [-0.4, -0.2) is 45.4 Å². The number of hydrogen-bond acceptors (Lipinski definition) is 4. The first-order valence-electron chi connectivity index (χ1n) is 5.76. The van der Waals surface area contributed by atoms with Crippen LogP contribution in [0.15, 0.2) is 6.33 Å². The Balaban J connectivity index is 1.95. The van der Waals surface area contributed by atoms with Crippen LogP contribution in [0.25, 0.3) is 0 Å². The van der Waals surface area contributed by atoms with Crippen molar-refractivity contribution in [1.29, 1.82) is 0 Å². The molecule has 0 atom stereocenters. The van der Waals surface area contributed by atoms with Gasteiger partial charge in [0.25, 0.3) is 0 Å². The van der Waals surface area contributed by atoms with Gasteiger partial charge in [-0.3, -0.25) is 9.89 Å². The monoisotopic (exact) mass is 255 g/mol. The number of aromatic amines is 1. The summed E-state index contributed by atoms with van der Waals surface area (Å²) in [7, 11) is 0. The van der Waals surface area contributed by atoms with Crippen LogP contribution in [-0.2, 0) is 11.2 Å². The zero-order valence-corrected chi connectivity index (χ0v) is 9.98. The van der Waals surface area contributed by atoms with Gasteiger partial charge in [-0.1, -0.05) is 0 Å². The van der Waals surface area contributed by atoms with Gasteiger partial charge >= 0.3 is 12.0 Å². The molecule has 0 aliphatic heterocycles. The molecule has 0 radical (unpaired) electrons. The highest BCUT2D eigenvalue weighted by atomic mass is 16.4. The maximum Gasteiger partial charge on any atom is 0.314 e. The number of carbonyl (C=O) groups excluding carboxylic acids is 1. The number of aliphatic carboxylic acids is 1. The van der Waals surface area contributed by atoms with Crippen molar-refractivity contribution in [1.82, 2.24) is 25.8 Å². The molecule has 0 aliphatic carbocycles. The van der Waals surface area contributed by atoms with E-state index >= 15 is 0 Å². The lowest BCUT2D eigenvalue weighted by atomic mass is 10.2.